The molecular weight excluding hydrogens is 371 g/mol. The second kappa shape index (κ2) is 7.79. The first kappa shape index (κ1) is 19.8. The molecule has 1 aromatic carbocycles. The average Bonchev–Trinajstić information content (AvgIpc) is 3.07. The van der Waals surface area contributed by atoms with Gasteiger partial charge in [0.1, 0.15) is 36.2 Å². The monoisotopic (exact) mass is 385 g/mol. The van der Waals surface area contributed by atoms with Gasteiger partial charge in [-0.25, -0.2) is 32.8 Å². The highest BCUT2D eigenvalue weighted by molar-refractivity contribution is 5.85. The molecule has 0 radical (unpaired) electrons. The summed E-state index contributed by atoms with van der Waals surface area (Å²) >= 11 is 0. The molecule has 0 aliphatic carbocycles. The van der Waals surface area contributed by atoms with Gasteiger partial charge in [0.15, 0.2) is 5.82 Å². The molecule has 0 spiro atoms. The predicted octanol–water partition coefficient (Wildman–Crippen LogP) is 2.60. The van der Waals surface area contributed by atoms with E-state index in [1.54, 1.807) is 0 Å². The molecule has 0 saturated carbocycles. The molecule has 0 fully saturated rings. The Morgan fingerprint density at radius 1 is 1.15 bits per heavy atom. The van der Waals surface area contributed by atoms with Crippen molar-refractivity contribution in [1.82, 2.24) is 24.7 Å². The van der Waals surface area contributed by atoms with Crippen molar-refractivity contribution in [3.63, 3.8) is 0 Å². The molecular formula is C16H15ClF3N5O. The van der Waals surface area contributed by atoms with Crippen LogP contribution in [0, 0.1) is 17.5 Å². The SMILES string of the molecule is CC(c1ncncc1F)C(O)(Cn1cncn1)c1ccc(F)cc1F.Cl. The van der Waals surface area contributed by atoms with Crippen molar-refractivity contribution in [1.29, 1.82) is 0 Å². The summed E-state index contributed by atoms with van der Waals surface area (Å²) in [6, 6.07) is 2.80. The van der Waals surface area contributed by atoms with Crippen LogP contribution in [0.25, 0.3) is 0 Å². The standard InChI is InChI=1S/C16H14F3N5O.ClH/c1-10(15-14(19)5-20-7-22-15)16(25,6-24-9-21-8-23-24)12-3-2-11(17)4-13(12)18;/h2-5,7-10,25H,6H2,1H3;1H. The van der Waals surface area contributed by atoms with Gasteiger partial charge in [0, 0.05) is 17.5 Å². The van der Waals surface area contributed by atoms with Crippen LogP contribution >= 0.6 is 12.4 Å². The molecule has 0 saturated heterocycles. The van der Waals surface area contributed by atoms with Gasteiger partial charge in [-0.05, 0) is 6.07 Å². The predicted molar refractivity (Wildman–Crippen MR) is 87.9 cm³/mol. The van der Waals surface area contributed by atoms with E-state index < -0.39 is 29.0 Å². The first-order valence-electron chi connectivity index (χ1n) is 7.37. The van der Waals surface area contributed by atoms with Gasteiger partial charge < -0.3 is 5.11 Å². The van der Waals surface area contributed by atoms with Crippen molar-refractivity contribution in [3.05, 3.63) is 72.1 Å². The Bertz CT molecular complexity index is 880. The summed E-state index contributed by atoms with van der Waals surface area (Å²) in [5, 5.41) is 15.2. The number of halogens is 4. The second-order valence-corrected chi connectivity index (χ2v) is 5.62. The maximum atomic E-state index is 14.4. The van der Waals surface area contributed by atoms with Gasteiger partial charge in [-0.3, -0.25) is 0 Å². The number of rotatable bonds is 5. The Morgan fingerprint density at radius 2 is 1.92 bits per heavy atom. The maximum absolute atomic E-state index is 14.4. The number of hydrogen-bond donors (Lipinski definition) is 1. The van der Waals surface area contributed by atoms with Gasteiger partial charge in [-0.1, -0.05) is 13.0 Å². The molecule has 2 unspecified atom stereocenters. The third kappa shape index (κ3) is 3.68. The lowest BCUT2D eigenvalue weighted by Crippen LogP contribution is -2.39. The van der Waals surface area contributed by atoms with Gasteiger partial charge >= 0.3 is 0 Å². The van der Waals surface area contributed by atoms with E-state index in [-0.39, 0.29) is 30.2 Å². The highest BCUT2D eigenvalue weighted by atomic mass is 35.5. The smallest absolute Gasteiger partial charge is 0.163 e. The summed E-state index contributed by atoms with van der Waals surface area (Å²) in [6.45, 7) is 1.26. The summed E-state index contributed by atoms with van der Waals surface area (Å²) in [5.74, 6) is -3.47. The first-order valence-corrected chi connectivity index (χ1v) is 7.37. The van der Waals surface area contributed by atoms with Crippen LogP contribution in [0.4, 0.5) is 13.2 Å². The summed E-state index contributed by atoms with van der Waals surface area (Å²) in [7, 11) is 0. The molecule has 138 valence electrons. The molecule has 2 heterocycles. The van der Waals surface area contributed by atoms with Gasteiger partial charge in [-0.2, -0.15) is 5.10 Å². The van der Waals surface area contributed by atoms with E-state index in [0.29, 0.717) is 6.07 Å². The molecule has 2 aromatic heterocycles. The van der Waals surface area contributed by atoms with E-state index in [1.807, 2.05) is 0 Å². The molecule has 0 bridgehead atoms. The number of benzene rings is 1. The van der Waals surface area contributed by atoms with Crippen molar-refractivity contribution < 1.29 is 18.3 Å². The Labute approximate surface area is 153 Å². The number of aliphatic hydroxyl groups is 1. The normalized spacial score (nSPS) is 14.3. The maximum Gasteiger partial charge on any atom is 0.163 e. The minimum absolute atomic E-state index is 0. The van der Waals surface area contributed by atoms with Crippen LogP contribution in [0.3, 0.4) is 0 Å². The third-order valence-corrected chi connectivity index (χ3v) is 4.09. The Balaban J connectivity index is 0.00000243. The van der Waals surface area contributed by atoms with Crippen LogP contribution in [0.5, 0.6) is 0 Å². The summed E-state index contributed by atoms with van der Waals surface area (Å²) < 4.78 is 43.0. The Morgan fingerprint density at radius 3 is 2.54 bits per heavy atom. The largest absolute Gasteiger partial charge is 0.382 e. The zero-order chi connectivity index (χ0) is 18.0. The number of hydrogen-bond acceptors (Lipinski definition) is 5. The lowest BCUT2D eigenvalue weighted by atomic mass is 9.79. The van der Waals surface area contributed by atoms with Gasteiger partial charge in [0.25, 0.3) is 0 Å². The van der Waals surface area contributed by atoms with Crippen LogP contribution in [0.15, 0.2) is 43.4 Å². The van der Waals surface area contributed by atoms with Crippen molar-refractivity contribution in [2.75, 3.05) is 0 Å². The molecule has 2 atom stereocenters. The van der Waals surface area contributed by atoms with Crippen LogP contribution in [0.2, 0.25) is 0 Å². The zero-order valence-corrected chi connectivity index (χ0v) is 14.4. The number of aromatic nitrogens is 5. The lowest BCUT2D eigenvalue weighted by molar-refractivity contribution is -0.0133. The minimum atomic E-state index is -1.96. The molecule has 3 rings (SSSR count). The molecule has 0 aliphatic rings. The molecule has 10 heteroatoms. The van der Waals surface area contributed by atoms with Gasteiger partial charge in [0.2, 0.25) is 0 Å². The minimum Gasteiger partial charge on any atom is -0.382 e. The highest BCUT2D eigenvalue weighted by Crippen LogP contribution is 2.39. The highest BCUT2D eigenvalue weighted by Gasteiger charge is 2.41. The van der Waals surface area contributed by atoms with Crippen LogP contribution < -0.4 is 0 Å². The van der Waals surface area contributed by atoms with Crippen LogP contribution in [-0.2, 0) is 12.1 Å². The average molecular weight is 386 g/mol. The van der Waals surface area contributed by atoms with Crippen LogP contribution in [0.1, 0.15) is 24.1 Å². The molecule has 0 aliphatic heterocycles. The van der Waals surface area contributed by atoms with Gasteiger partial charge in [-0.15, -0.1) is 12.4 Å². The molecule has 6 nitrogen and oxygen atoms in total. The van der Waals surface area contributed by atoms with E-state index in [1.165, 1.54) is 24.3 Å². The fourth-order valence-corrected chi connectivity index (χ4v) is 2.72. The summed E-state index contributed by atoms with van der Waals surface area (Å²) in [5.41, 5.74) is -2.25. The van der Waals surface area contributed by atoms with Crippen molar-refractivity contribution in [3.8, 4) is 0 Å². The van der Waals surface area contributed by atoms with Gasteiger partial charge in [0.05, 0.1) is 18.4 Å². The number of nitrogens with zero attached hydrogens (tertiary/aromatic N) is 5. The van der Waals surface area contributed by atoms with Crippen molar-refractivity contribution in [2.24, 2.45) is 0 Å². The zero-order valence-electron chi connectivity index (χ0n) is 13.6. The fraction of sp³-hybridized carbons (Fsp3) is 0.250. The Hall–Kier alpha value is -2.52. The van der Waals surface area contributed by atoms with Crippen LogP contribution in [-0.4, -0.2) is 29.8 Å². The molecule has 26 heavy (non-hydrogen) atoms. The summed E-state index contributed by atoms with van der Waals surface area (Å²) in [6.07, 6.45) is 4.66. The topological polar surface area (TPSA) is 76.7 Å². The molecule has 3 aromatic rings. The van der Waals surface area contributed by atoms with E-state index >= 15 is 0 Å². The quantitative estimate of drug-likeness (QED) is 0.730. The Kier molecular flexibility index (Phi) is 5.94. The van der Waals surface area contributed by atoms with E-state index in [0.717, 1.165) is 24.7 Å². The summed E-state index contributed by atoms with van der Waals surface area (Å²) in [4.78, 5) is 11.2. The lowest BCUT2D eigenvalue weighted by Gasteiger charge is -2.34. The van der Waals surface area contributed by atoms with E-state index in [9.17, 15) is 18.3 Å². The van der Waals surface area contributed by atoms with E-state index in [4.69, 9.17) is 0 Å². The first-order chi connectivity index (χ1) is 11.9. The second-order valence-electron chi connectivity index (χ2n) is 5.62. The van der Waals surface area contributed by atoms with Crippen molar-refractivity contribution >= 4 is 12.4 Å². The third-order valence-electron chi connectivity index (χ3n) is 4.09. The van der Waals surface area contributed by atoms with E-state index in [2.05, 4.69) is 20.1 Å². The van der Waals surface area contributed by atoms with Crippen molar-refractivity contribution in [2.45, 2.75) is 25.0 Å². The fourth-order valence-electron chi connectivity index (χ4n) is 2.72. The molecule has 1 N–H and O–H groups in total. The molecule has 0 amide bonds.